The van der Waals surface area contributed by atoms with Crippen molar-refractivity contribution in [2.75, 3.05) is 39.6 Å². The van der Waals surface area contributed by atoms with Crippen LogP contribution in [-0.2, 0) is 65.4 Å². The van der Waals surface area contributed by atoms with Gasteiger partial charge in [-0.15, -0.1) is 0 Å². The zero-order valence-electron chi connectivity index (χ0n) is 61.1. The zero-order valence-corrected chi connectivity index (χ0v) is 62.9. The maximum atomic E-state index is 13.1. The Hall–Kier alpha value is -1.94. The van der Waals surface area contributed by atoms with Crippen LogP contribution in [0.1, 0.15) is 394 Å². The van der Waals surface area contributed by atoms with E-state index in [1.165, 1.54) is 218 Å². The molecule has 0 saturated heterocycles. The van der Waals surface area contributed by atoms with Crippen molar-refractivity contribution in [3.05, 3.63) is 0 Å². The number of carbonyl (C=O) groups is 4. The lowest BCUT2D eigenvalue weighted by molar-refractivity contribution is -0.161. The van der Waals surface area contributed by atoms with E-state index in [0.717, 1.165) is 95.8 Å². The molecule has 0 aromatic carbocycles. The van der Waals surface area contributed by atoms with Gasteiger partial charge in [-0.25, -0.2) is 9.13 Å². The fourth-order valence-corrected chi connectivity index (χ4v) is 13.1. The molecular formula is C75H146O17P2. The Labute approximate surface area is 575 Å². The summed E-state index contributed by atoms with van der Waals surface area (Å²) >= 11 is 0. The van der Waals surface area contributed by atoms with Gasteiger partial charge in [-0.1, -0.05) is 343 Å². The zero-order chi connectivity index (χ0) is 69.1. The van der Waals surface area contributed by atoms with Crippen LogP contribution >= 0.6 is 15.6 Å². The van der Waals surface area contributed by atoms with E-state index in [1.54, 1.807) is 0 Å². The van der Waals surface area contributed by atoms with E-state index >= 15 is 0 Å². The van der Waals surface area contributed by atoms with Crippen LogP contribution in [-0.4, -0.2) is 96.7 Å². The summed E-state index contributed by atoms with van der Waals surface area (Å²) in [6, 6.07) is 0. The number of rotatable bonds is 75. The molecule has 0 aliphatic rings. The van der Waals surface area contributed by atoms with Crippen LogP contribution in [0.4, 0.5) is 0 Å². The number of hydrogen-bond acceptors (Lipinski definition) is 15. The highest BCUT2D eigenvalue weighted by molar-refractivity contribution is 7.47. The molecule has 94 heavy (non-hydrogen) atoms. The average Bonchev–Trinajstić information content (AvgIpc) is 1.82. The highest BCUT2D eigenvalue weighted by atomic mass is 31.2. The molecule has 0 saturated carbocycles. The SMILES string of the molecule is CCCCCCCCCCCCCCCCCCC(=O)O[C@H](COC(=O)CCCCCCCCCCCCC(C)CC)COP(=O)(O)OC[C@@H](O)COP(=O)(O)OC[C@@H](COC(=O)CCCCCCCCCCCCC)OC(=O)CCCCCCCCCCCCCCC. The minimum atomic E-state index is -4.96. The molecule has 0 radical (unpaired) electrons. The fourth-order valence-electron chi connectivity index (χ4n) is 11.5. The van der Waals surface area contributed by atoms with Crippen molar-refractivity contribution in [2.24, 2.45) is 5.92 Å². The maximum Gasteiger partial charge on any atom is 0.472 e. The Morgan fingerprint density at radius 2 is 0.511 bits per heavy atom. The summed E-state index contributed by atoms with van der Waals surface area (Å²) in [7, 11) is -9.91. The normalized spacial score (nSPS) is 14.3. The molecule has 0 fully saturated rings. The van der Waals surface area contributed by atoms with Crippen LogP contribution in [0.25, 0.3) is 0 Å². The van der Waals surface area contributed by atoms with Gasteiger partial charge in [0.2, 0.25) is 0 Å². The van der Waals surface area contributed by atoms with Crippen molar-refractivity contribution in [3.8, 4) is 0 Å². The number of aliphatic hydroxyl groups excluding tert-OH is 1. The van der Waals surface area contributed by atoms with Crippen molar-refractivity contribution in [2.45, 2.75) is 412 Å². The third kappa shape index (κ3) is 67.3. The molecule has 0 aliphatic carbocycles. The highest BCUT2D eigenvalue weighted by Gasteiger charge is 2.30. The monoisotopic (exact) mass is 1380 g/mol. The van der Waals surface area contributed by atoms with Gasteiger partial charge in [0, 0.05) is 25.7 Å². The summed E-state index contributed by atoms with van der Waals surface area (Å²) in [4.78, 5) is 72.8. The van der Waals surface area contributed by atoms with Gasteiger partial charge in [-0.2, -0.15) is 0 Å². The van der Waals surface area contributed by atoms with E-state index in [-0.39, 0.29) is 25.7 Å². The number of aliphatic hydroxyl groups is 1. The Kier molecular flexibility index (Phi) is 66.8. The second-order valence-corrected chi connectivity index (χ2v) is 30.2. The molecule has 0 spiro atoms. The van der Waals surface area contributed by atoms with Gasteiger partial charge in [0.15, 0.2) is 12.2 Å². The van der Waals surface area contributed by atoms with Crippen LogP contribution in [0.5, 0.6) is 0 Å². The average molecular weight is 1380 g/mol. The quantitative estimate of drug-likeness (QED) is 0.0222. The standard InChI is InChI=1S/C75H146O17P2/c1-6-10-13-16-19-22-25-27-28-29-31-34-41-46-51-56-61-75(80)92-71(65-86-73(78)59-54-49-44-39-36-35-37-42-47-52-57-68(5)9-4)67-90-94(83,84)88-63-69(76)62-87-93(81,82)89-66-70(64-85-72(77)58-53-48-43-38-32-24-21-18-15-12-8-3)91-74(79)60-55-50-45-40-33-30-26-23-20-17-14-11-7-2/h68-71,76H,6-67H2,1-5H3,(H,81,82)(H,83,84)/t68?,69-,70+,71+/m0/s1. The molecule has 17 nitrogen and oxygen atoms in total. The molecule has 558 valence electrons. The van der Waals surface area contributed by atoms with Gasteiger partial charge in [0.1, 0.15) is 19.3 Å². The molecule has 19 heteroatoms. The van der Waals surface area contributed by atoms with E-state index in [0.29, 0.717) is 25.7 Å². The van der Waals surface area contributed by atoms with Crippen LogP contribution in [0.2, 0.25) is 0 Å². The summed E-state index contributed by atoms with van der Waals surface area (Å²) in [5.74, 6) is -1.30. The summed E-state index contributed by atoms with van der Waals surface area (Å²) in [5, 5.41) is 10.6. The molecule has 0 aliphatic heterocycles. The predicted molar refractivity (Wildman–Crippen MR) is 382 cm³/mol. The second-order valence-electron chi connectivity index (χ2n) is 27.3. The molecular weight excluding hydrogens is 1230 g/mol. The third-order valence-corrected chi connectivity index (χ3v) is 19.8. The van der Waals surface area contributed by atoms with Gasteiger partial charge < -0.3 is 33.8 Å². The van der Waals surface area contributed by atoms with E-state index in [4.69, 9.17) is 37.0 Å². The van der Waals surface area contributed by atoms with Gasteiger partial charge >= 0.3 is 39.5 Å². The first-order valence-electron chi connectivity index (χ1n) is 39.2. The van der Waals surface area contributed by atoms with E-state index in [9.17, 15) is 43.2 Å². The Balaban J connectivity index is 5.26. The van der Waals surface area contributed by atoms with Crippen LogP contribution in [0.15, 0.2) is 0 Å². The molecule has 3 N–H and O–H groups in total. The van der Waals surface area contributed by atoms with E-state index < -0.39 is 97.5 Å². The largest absolute Gasteiger partial charge is 0.472 e. The molecule has 0 rings (SSSR count). The van der Waals surface area contributed by atoms with Crippen molar-refractivity contribution in [1.82, 2.24) is 0 Å². The van der Waals surface area contributed by atoms with Crippen LogP contribution < -0.4 is 0 Å². The van der Waals surface area contributed by atoms with Gasteiger partial charge in [-0.05, 0) is 31.6 Å². The summed E-state index contributed by atoms with van der Waals surface area (Å²) in [6.45, 7) is 7.32. The van der Waals surface area contributed by atoms with Crippen molar-refractivity contribution in [1.29, 1.82) is 0 Å². The summed E-state index contributed by atoms with van der Waals surface area (Å²) in [6.07, 6.45) is 56.6. The minimum Gasteiger partial charge on any atom is -0.462 e. The molecule has 6 atom stereocenters. The Morgan fingerprint density at radius 3 is 0.755 bits per heavy atom. The van der Waals surface area contributed by atoms with Gasteiger partial charge in [0.05, 0.1) is 26.4 Å². The Bertz CT molecular complexity index is 1810. The molecule has 0 heterocycles. The molecule has 0 aromatic heterocycles. The van der Waals surface area contributed by atoms with Gasteiger partial charge in [-0.3, -0.25) is 37.3 Å². The van der Waals surface area contributed by atoms with Crippen molar-refractivity contribution >= 4 is 39.5 Å². The van der Waals surface area contributed by atoms with E-state index in [1.807, 2.05) is 0 Å². The maximum absolute atomic E-state index is 13.1. The highest BCUT2D eigenvalue weighted by Crippen LogP contribution is 2.45. The lowest BCUT2D eigenvalue weighted by Gasteiger charge is -2.21. The first kappa shape index (κ1) is 92.1. The number of unbranched alkanes of at least 4 members (excludes halogenated alkanes) is 46. The summed E-state index contributed by atoms with van der Waals surface area (Å²) < 4.78 is 68.5. The predicted octanol–water partition coefficient (Wildman–Crippen LogP) is 22.1. The number of phosphoric ester groups is 2. The molecule has 0 bridgehead atoms. The molecule has 0 amide bonds. The number of hydrogen-bond donors (Lipinski definition) is 3. The van der Waals surface area contributed by atoms with Crippen LogP contribution in [0.3, 0.4) is 0 Å². The van der Waals surface area contributed by atoms with Crippen molar-refractivity contribution in [3.63, 3.8) is 0 Å². The summed E-state index contributed by atoms with van der Waals surface area (Å²) in [5.41, 5.74) is 0. The van der Waals surface area contributed by atoms with Gasteiger partial charge in [0.25, 0.3) is 0 Å². The van der Waals surface area contributed by atoms with Crippen LogP contribution in [0, 0.1) is 5.92 Å². The van der Waals surface area contributed by atoms with Crippen molar-refractivity contribution < 1.29 is 80.2 Å². The number of ether oxygens (including phenoxy) is 4. The molecule has 3 unspecified atom stereocenters. The third-order valence-electron chi connectivity index (χ3n) is 17.9. The molecule has 0 aromatic rings. The lowest BCUT2D eigenvalue weighted by atomic mass is 9.99. The first-order valence-corrected chi connectivity index (χ1v) is 42.2. The number of phosphoric acid groups is 2. The number of carbonyl (C=O) groups excluding carboxylic acids is 4. The van der Waals surface area contributed by atoms with E-state index in [2.05, 4.69) is 34.6 Å². The topological polar surface area (TPSA) is 237 Å². The number of esters is 4. The second kappa shape index (κ2) is 68.2. The minimum absolute atomic E-state index is 0.108. The smallest absolute Gasteiger partial charge is 0.462 e. The first-order chi connectivity index (χ1) is 45.6. The lowest BCUT2D eigenvalue weighted by Crippen LogP contribution is -2.30. The Morgan fingerprint density at radius 1 is 0.298 bits per heavy atom. The fraction of sp³-hybridized carbons (Fsp3) is 0.947.